The van der Waals surface area contributed by atoms with E-state index in [2.05, 4.69) is 10.1 Å². The van der Waals surface area contributed by atoms with E-state index in [1.165, 1.54) is 51.4 Å². The Balaban J connectivity index is 1.49. The third-order valence-electron chi connectivity index (χ3n) is 5.14. The highest BCUT2D eigenvalue weighted by Crippen LogP contribution is 2.43. The van der Waals surface area contributed by atoms with Crippen LogP contribution in [0.3, 0.4) is 0 Å². The Morgan fingerprint density at radius 2 is 2.00 bits per heavy atom. The molecule has 2 saturated carbocycles. The van der Waals surface area contributed by atoms with Gasteiger partial charge in [-0.1, -0.05) is 18.0 Å². The first kappa shape index (κ1) is 14.1. The Morgan fingerprint density at radius 1 is 1.25 bits per heavy atom. The molecule has 0 bridgehead atoms. The zero-order chi connectivity index (χ0) is 14.0. The molecular formula is C15H27N3O2. The van der Waals surface area contributed by atoms with Crippen LogP contribution in [0.4, 0.5) is 0 Å². The number of oxime groups is 1. The van der Waals surface area contributed by atoms with E-state index in [0.717, 1.165) is 13.1 Å². The maximum absolute atomic E-state index is 8.65. The van der Waals surface area contributed by atoms with Crippen LogP contribution in [-0.2, 0) is 4.74 Å². The molecule has 1 unspecified atom stereocenters. The quantitative estimate of drug-likeness (QED) is 0.338. The summed E-state index contributed by atoms with van der Waals surface area (Å²) in [6.07, 6.45) is 11.2. The van der Waals surface area contributed by atoms with Crippen LogP contribution in [0.5, 0.6) is 0 Å². The van der Waals surface area contributed by atoms with Crippen molar-refractivity contribution in [3.05, 3.63) is 0 Å². The average molecular weight is 281 g/mol. The normalized spacial score (nSPS) is 29.6. The second kappa shape index (κ2) is 5.90. The molecule has 5 nitrogen and oxygen atoms in total. The molecule has 0 radical (unpaired) electrons. The molecular weight excluding hydrogens is 254 g/mol. The summed E-state index contributed by atoms with van der Waals surface area (Å²) in [5.41, 5.74) is 5.81. The summed E-state index contributed by atoms with van der Waals surface area (Å²) < 4.78 is 6.40. The molecule has 1 aliphatic heterocycles. The van der Waals surface area contributed by atoms with Crippen LogP contribution in [0.25, 0.3) is 0 Å². The third-order valence-corrected chi connectivity index (χ3v) is 5.14. The standard InChI is InChI=1S/C15H27N3O2/c16-14(17-19)6-10-18(12-3-4-12)11-13-5-9-15(20-13)7-1-2-8-15/h12-13,19H,1-11H2,(H2,16,17). The number of nitrogens with two attached hydrogens (primary N) is 1. The molecule has 1 spiro atoms. The molecule has 1 saturated heterocycles. The van der Waals surface area contributed by atoms with Gasteiger partial charge in [-0.3, -0.25) is 4.90 Å². The van der Waals surface area contributed by atoms with Crippen LogP contribution in [0, 0.1) is 0 Å². The number of rotatable bonds is 6. The van der Waals surface area contributed by atoms with E-state index < -0.39 is 0 Å². The van der Waals surface area contributed by atoms with E-state index in [9.17, 15) is 0 Å². The number of hydrogen-bond donors (Lipinski definition) is 2. The Labute approximate surface area is 121 Å². The van der Waals surface area contributed by atoms with Crippen molar-refractivity contribution >= 4 is 5.84 Å². The molecule has 0 aromatic rings. The maximum atomic E-state index is 8.65. The summed E-state index contributed by atoms with van der Waals surface area (Å²) in [6, 6.07) is 0.699. The second-order valence-electron chi connectivity index (χ2n) is 6.74. The monoisotopic (exact) mass is 281 g/mol. The van der Waals surface area contributed by atoms with Gasteiger partial charge in [0, 0.05) is 25.6 Å². The highest BCUT2D eigenvalue weighted by molar-refractivity contribution is 5.79. The number of nitrogens with zero attached hydrogens (tertiary/aromatic N) is 2. The Bertz CT molecular complexity index is 362. The maximum Gasteiger partial charge on any atom is 0.140 e. The summed E-state index contributed by atoms with van der Waals surface area (Å²) in [4.78, 5) is 2.48. The molecule has 3 aliphatic rings. The second-order valence-corrected chi connectivity index (χ2v) is 6.74. The van der Waals surface area contributed by atoms with Gasteiger partial charge in [0.1, 0.15) is 5.84 Å². The minimum atomic E-state index is 0.228. The van der Waals surface area contributed by atoms with Gasteiger partial charge >= 0.3 is 0 Å². The van der Waals surface area contributed by atoms with Gasteiger partial charge < -0.3 is 15.7 Å². The fourth-order valence-corrected chi connectivity index (χ4v) is 3.84. The first-order valence-electron chi connectivity index (χ1n) is 8.09. The van der Waals surface area contributed by atoms with E-state index in [1.54, 1.807) is 0 Å². The lowest BCUT2D eigenvalue weighted by atomic mass is 9.98. The van der Waals surface area contributed by atoms with Gasteiger partial charge in [0.15, 0.2) is 0 Å². The summed E-state index contributed by atoms with van der Waals surface area (Å²) in [6.45, 7) is 1.90. The molecule has 5 heteroatoms. The number of ether oxygens (including phenoxy) is 1. The Kier molecular flexibility index (Phi) is 4.17. The number of amidine groups is 1. The summed E-state index contributed by atoms with van der Waals surface area (Å²) >= 11 is 0. The molecule has 0 aromatic heterocycles. The van der Waals surface area contributed by atoms with Gasteiger partial charge in [-0.2, -0.15) is 0 Å². The van der Waals surface area contributed by atoms with Crippen molar-refractivity contribution in [3.63, 3.8) is 0 Å². The first-order valence-corrected chi connectivity index (χ1v) is 8.09. The third kappa shape index (κ3) is 3.26. The van der Waals surface area contributed by atoms with E-state index >= 15 is 0 Å². The molecule has 1 heterocycles. The lowest BCUT2D eigenvalue weighted by Crippen LogP contribution is -2.37. The summed E-state index contributed by atoms with van der Waals surface area (Å²) in [7, 11) is 0. The minimum absolute atomic E-state index is 0.228. The van der Waals surface area contributed by atoms with Gasteiger partial charge in [-0.25, -0.2) is 0 Å². The molecule has 0 aromatic carbocycles. The molecule has 3 fully saturated rings. The Hall–Kier alpha value is -0.810. The molecule has 0 amide bonds. The van der Waals surface area contributed by atoms with Gasteiger partial charge in [-0.05, 0) is 38.5 Å². The zero-order valence-electron chi connectivity index (χ0n) is 12.3. The molecule has 3 N–H and O–H groups in total. The van der Waals surface area contributed by atoms with Crippen molar-refractivity contribution in [2.24, 2.45) is 10.9 Å². The predicted octanol–water partition coefficient (Wildman–Crippen LogP) is 2.08. The zero-order valence-corrected chi connectivity index (χ0v) is 12.3. The van der Waals surface area contributed by atoms with Crippen molar-refractivity contribution < 1.29 is 9.94 Å². The topological polar surface area (TPSA) is 71.1 Å². The predicted molar refractivity (Wildman–Crippen MR) is 77.9 cm³/mol. The molecule has 20 heavy (non-hydrogen) atoms. The van der Waals surface area contributed by atoms with Gasteiger partial charge in [0.05, 0.1) is 11.7 Å². The fourth-order valence-electron chi connectivity index (χ4n) is 3.84. The minimum Gasteiger partial charge on any atom is -0.409 e. The van der Waals surface area contributed by atoms with Crippen LogP contribution >= 0.6 is 0 Å². The SMILES string of the molecule is NC(CCN(CC1CCC2(CCCC2)O1)C1CC1)=NO. The fraction of sp³-hybridized carbons (Fsp3) is 0.933. The van der Waals surface area contributed by atoms with Crippen molar-refractivity contribution in [2.75, 3.05) is 13.1 Å². The Morgan fingerprint density at radius 3 is 2.65 bits per heavy atom. The molecule has 2 aliphatic carbocycles. The van der Waals surface area contributed by atoms with Gasteiger partial charge in [0.25, 0.3) is 0 Å². The van der Waals surface area contributed by atoms with Gasteiger partial charge in [-0.15, -0.1) is 0 Å². The summed E-state index contributed by atoms with van der Waals surface area (Å²) in [5, 5.41) is 11.7. The molecule has 1 atom stereocenters. The van der Waals surface area contributed by atoms with Crippen LogP contribution in [-0.4, -0.2) is 46.8 Å². The molecule has 114 valence electrons. The van der Waals surface area contributed by atoms with Crippen LogP contribution in [0.2, 0.25) is 0 Å². The summed E-state index contributed by atoms with van der Waals surface area (Å²) in [5.74, 6) is 0.329. The lowest BCUT2D eigenvalue weighted by Gasteiger charge is -2.28. The molecule has 3 rings (SSSR count). The average Bonchev–Trinajstić information content (AvgIpc) is 3.09. The van der Waals surface area contributed by atoms with E-state index in [1.807, 2.05) is 0 Å². The van der Waals surface area contributed by atoms with E-state index in [-0.39, 0.29) is 5.60 Å². The van der Waals surface area contributed by atoms with Crippen molar-refractivity contribution in [1.82, 2.24) is 4.90 Å². The van der Waals surface area contributed by atoms with E-state index in [4.69, 9.17) is 15.7 Å². The van der Waals surface area contributed by atoms with E-state index in [0.29, 0.717) is 24.4 Å². The lowest BCUT2D eigenvalue weighted by molar-refractivity contribution is -0.0479. The smallest absolute Gasteiger partial charge is 0.140 e. The van der Waals surface area contributed by atoms with Crippen molar-refractivity contribution in [3.8, 4) is 0 Å². The highest BCUT2D eigenvalue weighted by atomic mass is 16.5. The van der Waals surface area contributed by atoms with Crippen LogP contribution in [0.1, 0.15) is 57.8 Å². The van der Waals surface area contributed by atoms with Crippen LogP contribution in [0.15, 0.2) is 5.16 Å². The largest absolute Gasteiger partial charge is 0.409 e. The van der Waals surface area contributed by atoms with Crippen molar-refractivity contribution in [1.29, 1.82) is 0 Å². The van der Waals surface area contributed by atoms with Crippen LogP contribution < -0.4 is 5.73 Å². The van der Waals surface area contributed by atoms with Gasteiger partial charge in [0.2, 0.25) is 0 Å². The van der Waals surface area contributed by atoms with Crippen molar-refractivity contribution in [2.45, 2.75) is 75.5 Å². The first-order chi connectivity index (χ1) is 9.71. The highest BCUT2D eigenvalue weighted by Gasteiger charge is 2.43. The number of hydrogen-bond acceptors (Lipinski definition) is 4.